The molecule has 0 radical (unpaired) electrons. The topological polar surface area (TPSA) is 74.5 Å². The third-order valence-corrected chi connectivity index (χ3v) is 3.31. The smallest absolute Gasteiger partial charge is 0.276 e. The first kappa shape index (κ1) is 13.5. The van der Waals surface area contributed by atoms with Crippen LogP contribution in [-0.4, -0.2) is 55.1 Å². The first-order chi connectivity index (χ1) is 9.10. The first-order valence-electron chi connectivity index (χ1n) is 6.38. The average molecular weight is 265 g/mol. The molecule has 1 saturated heterocycles. The summed E-state index contributed by atoms with van der Waals surface area (Å²) >= 11 is 0. The molecule has 7 nitrogen and oxygen atoms in total. The summed E-state index contributed by atoms with van der Waals surface area (Å²) in [6.07, 6.45) is 1.04. The van der Waals surface area contributed by atoms with Crippen LogP contribution in [0, 0.1) is 10.1 Å². The molecule has 0 unspecified atom stereocenters. The summed E-state index contributed by atoms with van der Waals surface area (Å²) in [5.41, 5.74) is 0.0759. The molecule has 104 valence electrons. The zero-order chi connectivity index (χ0) is 13.8. The van der Waals surface area contributed by atoms with Crippen molar-refractivity contribution in [3.8, 4) is 0 Å². The molecule has 0 saturated carbocycles. The normalized spacial score (nSPS) is 17.1. The zero-order valence-electron chi connectivity index (χ0n) is 11.3. The second-order valence-electron chi connectivity index (χ2n) is 4.72. The zero-order valence-corrected chi connectivity index (χ0v) is 11.3. The Balaban J connectivity index is 2.27. The van der Waals surface area contributed by atoms with Crippen molar-refractivity contribution in [2.75, 3.05) is 50.5 Å². The highest BCUT2D eigenvalue weighted by Crippen LogP contribution is 2.23. The molecule has 0 bridgehead atoms. The molecule has 1 fully saturated rings. The van der Waals surface area contributed by atoms with Crippen LogP contribution in [0.2, 0.25) is 0 Å². The molecule has 1 aliphatic heterocycles. The van der Waals surface area contributed by atoms with Gasteiger partial charge in [-0.2, -0.15) is 0 Å². The van der Waals surface area contributed by atoms with Crippen molar-refractivity contribution < 1.29 is 4.92 Å². The molecule has 1 aromatic heterocycles. The minimum atomic E-state index is -0.379. The molecule has 0 atom stereocenters. The van der Waals surface area contributed by atoms with E-state index in [1.807, 2.05) is 0 Å². The minimum absolute atomic E-state index is 0.0759. The summed E-state index contributed by atoms with van der Waals surface area (Å²) in [4.78, 5) is 19.4. The van der Waals surface area contributed by atoms with Crippen LogP contribution in [0.3, 0.4) is 0 Å². The number of nitrogens with zero attached hydrogens (tertiary/aromatic N) is 4. The molecule has 1 aliphatic rings. The molecular weight excluding hydrogens is 246 g/mol. The highest BCUT2D eigenvalue weighted by molar-refractivity contribution is 5.55. The van der Waals surface area contributed by atoms with E-state index in [2.05, 4.69) is 27.1 Å². The molecule has 19 heavy (non-hydrogen) atoms. The first-order valence-corrected chi connectivity index (χ1v) is 6.38. The van der Waals surface area contributed by atoms with Crippen LogP contribution < -0.4 is 10.2 Å². The lowest BCUT2D eigenvalue weighted by atomic mass is 10.3. The number of likely N-dealkylation sites (N-methyl/N-ethyl adjacent to an activating group) is 1. The van der Waals surface area contributed by atoms with Gasteiger partial charge in [-0.15, -0.1) is 0 Å². The van der Waals surface area contributed by atoms with Gasteiger partial charge in [-0.25, -0.2) is 4.98 Å². The van der Waals surface area contributed by atoms with Crippen LogP contribution in [0.25, 0.3) is 0 Å². The number of rotatable bonds is 3. The van der Waals surface area contributed by atoms with Gasteiger partial charge in [-0.3, -0.25) is 10.1 Å². The third kappa shape index (κ3) is 3.31. The van der Waals surface area contributed by atoms with E-state index in [4.69, 9.17) is 0 Å². The van der Waals surface area contributed by atoms with Gasteiger partial charge < -0.3 is 15.1 Å². The Morgan fingerprint density at radius 3 is 2.79 bits per heavy atom. The third-order valence-electron chi connectivity index (χ3n) is 3.31. The van der Waals surface area contributed by atoms with Crippen molar-refractivity contribution in [3.05, 3.63) is 22.2 Å². The number of anilines is 2. The van der Waals surface area contributed by atoms with Gasteiger partial charge in [0.1, 0.15) is 11.6 Å². The molecule has 0 amide bonds. The van der Waals surface area contributed by atoms with Crippen LogP contribution >= 0.6 is 0 Å². The van der Waals surface area contributed by atoms with E-state index in [0.717, 1.165) is 32.6 Å². The SMILES string of the molecule is CNc1cc([N+](=O)[O-])cc(N2CCCN(C)CC2)n1. The Hall–Kier alpha value is -1.89. The standard InChI is InChI=1S/C12H19N5O2/c1-13-11-8-10(17(18)19)9-12(14-11)16-5-3-4-15(2)6-7-16/h8-9H,3-7H2,1-2H3,(H,13,14). The lowest BCUT2D eigenvalue weighted by Gasteiger charge is -2.21. The van der Waals surface area contributed by atoms with E-state index >= 15 is 0 Å². The van der Waals surface area contributed by atoms with Crippen LogP contribution in [0.15, 0.2) is 12.1 Å². The van der Waals surface area contributed by atoms with E-state index in [0.29, 0.717) is 11.6 Å². The van der Waals surface area contributed by atoms with Gasteiger partial charge in [0, 0.05) is 26.7 Å². The lowest BCUT2D eigenvalue weighted by Crippen LogP contribution is -2.29. The van der Waals surface area contributed by atoms with Crippen LogP contribution in [-0.2, 0) is 0 Å². The fraction of sp³-hybridized carbons (Fsp3) is 0.583. The number of nitro groups is 1. The quantitative estimate of drug-likeness (QED) is 0.653. The Morgan fingerprint density at radius 2 is 2.11 bits per heavy atom. The maximum Gasteiger partial charge on any atom is 0.276 e. The molecular formula is C12H19N5O2. The monoisotopic (exact) mass is 265 g/mol. The highest BCUT2D eigenvalue weighted by atomic mass is 16.6. The van der Waals surface area contributed by atoms with Gasteiger partial charge in [0.05, 0.1) is 17.1 Å². The molecule has 1 N–H and O–H groups in total. The maximum atomic E-state index is 10.9. The van der Waals surface area contributed by atoms with E-state index in [-0.39, 0.29) is 10.6 Å². The number of nitrogens with one attached hydrogen (secondary N) is 1. The van der Waals surface area contributed by atoms with Crippen molar-refractivity contribution in [1.29, 1.82) is 0 Å². The highest BCUT2D eigenvalue weighted by Gasteiger charge is 2.18. The largest absolute Gasteiger partial charge is 0.373 e. The van der Waals surface area contributed by atoms with Gasteiger partial charge in [0.25, 0.3) is 5.69 Å². The average Bonchev–Trinajstić information content (AvgIpc) is 2.63. The van der Waals surface area contributed by atoms with Gasteiger partial charge in [-0.1, -0.05) is 0 Å². The molecule has 2 heterocycles. The molecule has 0 aliphatic carbocycles. The molecule has 7 heteroatoms. The number of aromatic nitrogens is 1. The molecule has 0 aromatic carbocycles. The summed E-state index contributed by atoms with van der Waals surface area (Å²) in [5, 5.41) is 13.8. The minimum Gasteiger partial charge on any atom is -0.373 e. The van der Waals surface area contributed by atoms with Crippen molar-refractivity contribution in [3.63, 3.8) is 0 Å². The Labute approximate surface area is 112 Å². The van der Waals surface area contributed by atoms with Crippen molar-refractivity contribution in [1.82, 2.24) is 9.88 Å². The van der Waals surface area contributed by atoms with Crippen LogP contribution in [0.5, 0.6) is 0 Å². The summed E-state index contributed by atoms with van der Waals surface area (Å²) in [6.45, 7) is 3.71. The molecule has 0 spiro atoms. The van der Waals surface area contributed by atoms with E-state index in [1.165, 1.54) is 6.07 Å². The van der Waals surface area contributed by atoms with Gasteiger partial charge >= 0.3 is 0 Å². The van der Waals surface area contributed by atoms with Crippen molar-refractivity contribution in [2.45, 2.75) is 6.42 Å². The summed E-state index contributed by atoms with van der Waals surface area (Å²) < 4.78 is 0. The van der Waals surface area contributed by atoms with Crippen LogP contribution in [0.1, 0.15) is 6.42 Å². The second-order valence-corrected chi connectivity index (χ2v) is 4.72. The Bertz CT molecular complexity index is 465. The molecule has 1 aromatic rings. The predicted octanol–water partition coefficient (Wildman–Crippen LogP) is 1.17. The summed E-state index contributed by atoms with van der Waals surface area (Å²) in [7, 11) is 3.80. The van der Waals surface area contributed by atoms with Crippen molar-refractivity contribution >= 4 is 17.3 Å². The van der Waals surface area contributed by atoms with Gasteiger partial charge in [0.2, 0.25) is 0 Å². The lowest BCUT2D eigenvalue weighted by molar-refractivity contribution is -0.384. The summed E-state index contributed by atoms with van der Waals surface area (Å²) in [6, 6.07) is 3.00. The Kier molecular flexibility index (Phi) is 4.16. The van der Waals surface area contributed by atoms with Crippen molar-refractivity contribution in [2.24, 2.45) is 0 Å². The maximum absolute atomic E-state index is 10.9. The van der Waals surface area contributed by atoms with Gasteiger partial charge in [-0.05, 0) is 20.0 Å². The second kappa shape index (κ2) is 5.83. The Morgan fingerprint density at radius 1 is 1.32 bits per heavy atom. The number of pyridine rings is 1. The van der Waals surface area contributed by atoms with Gasteiger partial charge in [0.15, 0.2) is 0 Å². The summed E-state index contributed by atoms with van der Waals surface area (Å²) in [5.74, 6) is 1.20. The number of hydrogen-bond acceptors (Lipinski definition) is 6. The van der Waals surface area contributed by atoms with E-state index in [9.17, 15) is 10.1 Å². The van der Waals surface area contributed by atoms with E-state index < -0.39 is 0 Å². The fourth-order valence-electron chi connectivity index (χ4n) is 2.17. The van der Waals surface area contributed by atoms with E-state index in [1.54, 1.807) is 13.1 Å². The van der Waals surface area contributed by atoms with Crippen LogP contribution in [0.4, 0.5) is 17.3 Å². The number of hydrogen-bond donors (Lipinski definition) is 1. The molecule has 2 rings (SSSR count). The predicted molar refractivity (Wildman–Crippen MR) is 74.8 cm³/mol. The fourth-order valence-corrected chi connectivity index (χ4v) is 2.17.